The lowest BCUT2D eigenvalue weighted by atomic mass is 10.2. The van der Waals surface area contributed by atoms with Crippen LogP contribution < -0.4 is 4.74 Å². The van der Waals surface area contributed by atoms with Crippen LogP contribution >= 0.6 is 0 Å². The number of carboxylic acid groups (broad SMARTS) is 1. The topological polar surface area (TPSA) is 80.7 Å². The minimum absolute atomic E-state index is 0.102. The average Bonchev–Trinajstić information content (AvgIpc) is 2.29. The van der Waals surface area contributed by atoms with Gasteiger partial charge < -0.3 is 9.84 Å². The summed E-state index contributed by atoms with van der Waals surface area (Å²) >= 11 is 0. The zero-order valence-electron chi connectivity index (χ0n) is 8.88. The van der Waals surface area contributed by atoms with Crippen LogP contribution in [0.1, 0.15) is 16.8 Å². The first-order valence-electron chi connectivity index (χ1n) is 4.70. The number of para-hydroxylation sites is 1. The predicted octanol–water partition coefficient (Wildman–Crippen LogP) is 1.44. The number of carboxylic acids is 1. The second kappa shape index (κ2) is 5.60. The molecule has 1 aromatic carbocycles. The van der Waals surface area contributed by atoms with E-state index in [0.29, 0.717) is 6.29 Å². The first-order chi connectivity index (χ1) is 8.04. The van der Waals surface area contributed by atoms with Gasteiger partial charge in [-0.15, -0.1) is 0 Å². The van der Waals surface area contributed by atoms with Gasteiger partial charge in [0.25, 0.3) is 0 Å². The van der Waals surface area contributed by atoms with E-state index in [-0.39, 0.29) is 16.9 Å². The number of rotatable bonds is 5. The minimum Gasteiger partial charge on any atom is -0.478 e. The van der Waals surface area contributed by atoms with Gasteiger partial charge in [0, 0.05) is 5.57 Å². The number of esters is 1. The molecule has 5 nitrogen and oxygen atoms in total. The van der Waals surface area contributed by atoms with Crippen molar-refractivity contribution in [1.29, 1.82) is 0 Å². The van der Waals surface area contributed by atoms with Crippen molar-refractivity contribution >= 4 is 18.2 Å². The first kappa shape index (κ1) is 12.6. The lowest BCUT2D eigenvalue weighted by molar-refractivity contribution is -0.138. The fraction of sp³-hybridized carbons (Fsp3) is 0.0833. The lowest BCUT2D eigenvalue weighted by Gasteiger charge is -2.05. The average molecular weight is 234 g/mol. The Labute approximate surface area is 97.3 Å². The molecule has 0 fully saturated rings. The number of aliphatic carboxylic acids is 1. The Morgan fingerprint density at radius 1 is 1.35 bits per heavy atom. The van der Waals surface area contributed by atoms with E-state index in [4.69, 9.17) is 9.84 Å². The van der Waals surface area contributed by atoms with Gasteiger partial charge in [-0.2, -0.15) is 0 Å². The van der Waals surface area contributed by atoms with E-state index in [1.165, 1.54) is 12.1 Å². The van der Waals surface area contributed by atoms with Crippen LogP contribution in [0.3, 0.4) is 0 Å². The number of carbonyl (C=O) groups excluding carboxylic acids is 2. The number of hydrogen-bond acceptors (Lipinski definition) is 4. The van der Waals surface area contributed by atoms with Crippen LogP contribution in [-0.4, -0.2) is 23.3 Å². The van der Waals surface area contributed by atoms with E-state index in [2.05, 4.69) is 6.58 Å². The van der Waals surface area contributed by atoms with Crippen LogP contribution in [0.2, 0.25) is 0 Å². The van der Waals surface area contributed by atoms with Crippen molar-refractivity contribution in [2.75, 3.05) is 0 Å². The van der Waals surface area contributed by atoms with Crippen LogP contribution in [0, 0.1) is 0 Å². The van der Waals surface area contributed by atoms with E-state index in [1.54, 1.807) is 12.1 Å². The van der Waals surface area contributed by atoms with E-state index < -0.39 is 18.4 Å². The lowest BCUT2D eigenvalue weighted by Crippen LogP contribution is -2.13. The Hall–Kier alpha value is -2.43. The van der Waals surface area contributed by atoms with Gasteiger partial charge in [-0.1, -0.05) is 18.7 Å². The van der Waals surface area contributed by atoms with Gasteiger partial charge in [-0.25, -0.2) is 4.79 Å². The summed E-state index contributed by atoms with van der Waals surface area (Å²) in [5.41, 5.74) is -0.0413. The van der Waals surface area contributed by atoms with E-state index >= 15 is 0 Å². The molecule has 0 aromatic heterocycles. The Bertz CT molecular complexity index is 476. The number of benzene rings is 1. The van der Waals surface area contributed by atoms with E-state index in [9.17, 15) is 14.4 Å². The maximum atomic E-state index is 11.3. The van der Waals surface area contributed by atoms with Crippen molar-refractivity contribution in [3.8, 4) is 5.75 Å². The maximum absolute atomic E-state index is 11.3. The third-order valence-corrected chi connectivity index (χ3v) is 1.93. The van der Waals surface area contributed by atoms with E-state index in [1.807, 2.05) is 0 Å². The Balaban J connectivity index is 2.71. The van der Waals surface area contributed by atoms with Gasteiger partial charge in [-0.3, -0.25) is 9.59 Å². The van der Waals surface area contributed by atoms with Gasteiger partial charge in [0.15, 0.2) is 6.29 Å². The quantitative estimate of drug-likeness (QED) is 0.361. The van der Waals surface area contributed by atoms with Crippen molar-refractivity contribution in [3.63, 3.8) is 0 Å². The predicted molar refractivity (Wildman–Crippen MR) is 58.9 cm³/mol. The first-order valence-corrected chi connectivity index (χ1v) is 4.70. The molecule has 0 saturated carbocycles. The molecule has 0 aliphatic rings. The Kier molecular flexibility index (Phi) is 4.16. The highest BCUT2D eigenvalue weighted by Gasteiger charge is 2.13. The summed E-state index contributed by atoms with van der Waals surface area (Å²) in [5, 5.41) is 8.53. The molecule has 0 radical (unpaired) electrons. The van der Waals surface area contributed by atoms with E-state index in [0.717, 1.165) is 0 Å². The van der Waals surface area contributed by atoms with Crippen LogP contribution in [0.5, 0.6) is 5.75 Å². The molecule has 0 heterocycles. The monoisotopic (exact) mass is 234 g/mol. The zero-order valence-corrected chi connectivity index (χ0v) is 8.88. The second-order valence-corrected chi connectivity index (χ2v) is 3.22. The number of aldehydes is 1. The van der Waals surface area contributed by atoms with Crippen molar-refractivity contribution in [2.45, 2.75) is 6.42 Å². The number of ether oxygens (including phenoxy) is 1. The molecule has 0 saturated heterocycles. The van der Waals surface area contributed by atoms with Gasteiger partial charge in [-0.05, 0) is 12.1 Å². The summed E-state index contributed by atoms with van der Waals surface area (Å²) in [6.45, 7) is 3.21. The second-order valence-electron chi connectivity index (χ2n) is 3.22. The summed E-state index contributed by atoms with van der Waals surface area (Å²) in [7, 11) is 0. The fourth-order valence-electron chi connectivity index (χ4n) is 1.08. The van der Waals surface area contributed by atoms with Crippen LogP contribution in [-0.2, 0) is 9.59 Å². The van der Waals surface area contributed by atoms with Gasteiger partial charge in [0.2, 0.25) is 0 Å². The molecular weight excluding hydrogens is 224 g/mol. The van der Waals surface area contributed by atoms with Crippen molar-refractivity contribution in [1.82, 2.24) is 0 Å². The highest BCUT2D eigenvalue weighted by Crippen LogP contribution is 2.16. The van der Waals surface area contributed by atoms with Crippen molar-refractivity contribution in [2.24, 2.45) is 0 Å². The standard InChI is InChI=1S/C12H10O5/c1-8(12(15)16)6-11(14)17-10-5-3-2-4-9(10)7-13/h2-5,7H,1,6H2,(H,15,16). The molecule has 1 rings (SSSR count). The SMILES string of the molecule is C=C(CC(=O)Oc1ccccc1C=O)C(=O)O. The van der Waals surface area contributed by atoms with Crippen LogP contribution in [0.25, 0.3) is 0 Å². The van der Waals surface area contributed by atoms with Gasteiger partial charge in [0.05, 0.1) is 12.0 Å². The summed E-state index contributed by atoms with van der Waals surface area (Å²) in [6.07, 6.45) is 0.122. The molecule has 1 N–H and O–H groups in total. The number of carbonyl (C=O) groups is 3. The Morgan fingerprint density at radius 2 is 2.00 bits per heavy atom. The molecule has 0 aliphatic heterocycles. The highest BCUT2D eigenvalue weighted by atomic mass is 16.5. The fourth-order valence-corrected chi connectivity index (χ4v) is 1.08. The van der Waals surface area contributed by atoms with Crippen LogP contribution in [0.15, 0.2) is 36.4 Å². The van der Waals surface area contributed by atoms with Gasteiger partial charge in [0.1, 0.15) is 5.75 Å². The highest BCUT2D eigenvalue weighted by molar-refractivity contribution is 5.92. The number of hydrogen-bond donors (Lipinski definition) is 1. The third-order valence-electron chi connectivity index (χ3n) is 1.93. The summed E-state index contributed by atoms with van der Waals surface area (Å²) in [4.78, 5) is 32.4. The minimum atomic E-state index is -1.26. The molecule has 0 spiro atoms. The Morgan fingerprint density at radius 3 is 2.59 bits per heavy atom. The molecule has 0 amide bonds. The van der Waals surface area contributed by atoms with Crippen molar-refractivity contribution in [3.05, 3.63) is 42.0 Å². The molecule has 5 heteroatoms. The summed E-state index contributed by atoms with van der Waals surface area (Å²) < 4.78 is 4.86. The smallest absolute Gasteiger partial charge is 0.331 e. The third kappa shape index (κ3) is 3.57. The normalized spacial score (nSPS) is 9.41. The van der Waals surface area contributed by atoms with Crippen LogP contribution in [0.4, 0.5) is 0 Å². The zero-order chi connectivity index (χ0) is 12.8. The maximum Gasteiger partial charge on any atom is 0.331 e. The molecular formula is C12H10O5. The molecule has 0 bridgehead atoms. The molecule has 17 heavy (non-hydrogen) atoms. The summed E-state index contributed by atoms with van der Waals surface area (Å²) in [5.74, 6) is -1.93. The molecule has 0 atom stereocenters. The van der Waals surface area contributed by atoms with Gasteiger partial charge >= 0.3 is 11.9 Å². The van der Waals surface area contributed by atoms with Crippen molar-refractivity contribution < 1.29 is 24.2 Å². The molecule has 1 aromatic rings. The summed E-state index contributed by atoms with van der Waals surface area (Å²) in [6, 6.07) is 6.16. The molecule has 88 valence electrons. The molecule has 0 aliphatic carbocycles. The molecule has 0 unspecified atom stereocenters. The largest absolute Gasteiger partial charge is 0.478 e.